The fourth-order valence-corrected chi connectivity index (χ4v) is 5.24. The molecule has 0 unspecified atom stereocenters. The van der Waals surface area contributed by atoms with Crippen molar-refractivity contribution in [1.29, 1.82) is 0 Å². The third-order valence-corrected chi connectivity index (χ3v) is 7.88. The molecule has 2 heterocycles. The summed E-state index contributed by atoms with van der Waals surface area (Å²) in [6, 6.07) is 7.54. The number of benzene rings is 1. The molecule has 0 spiro atoms. The number of fused-ring (bicyclic) bond motifs is 1. The SMILES string of the molecule is CCCCNc1ccc(-c2cc3c(NC4C5CC4C5)c(C(=O)CC4CC4)cnc3cc2F)cn1. The molecule has 4 saturated carbocycles. The lowest BCUT2D eigenvalue weighted by Crippen LogP contribution is -2.59. The van der Waals surface area contributed by atoms with Gasteiger partial charge in [0.25, 0.3) is 0 Å². The molecule has 0 aliphatic heterocycles. The number of rotatable bonds is 10. The minimum Gasteiger partial charge on any atom is -0.381 e. The Balaban J connectivity index is 1.37. The van der Waals surface area contributed by atoms with Crippen molar-refractivity contribution in [3.63, 3.8) is 0 Å². The molecule has 34 heavy (non-hydrogen) atoms. The topological polar surface area (TPSA) is 66.9 Å². The van der Waals surface area contributed by atoms with E-state index in [1.807, 2.05) is 18.2 Å². The van der Waals surface area contributed by atoms with Crippen LogP contribution in [0.15, 0.2) is 36.7 Å². The molecule has 3 aromatic rings. The van der Waals surface area contributed by atoms with Gasteiger partial charge in [0.05, 0.1) is 16.8 Å². The van der Waals surface area contributed by atoms with Gasteiger partial charge in [-0.15, -0.1) is 0 Å². The number of pyridine rings is 2. The van der Waals surface area contributed by atoms with Gasteiger partial charge in [-0.05, 0) is 68.1 Å². The molecule has 0 atom stereocenters. The number of ketones is 1. The molecule has 4 aliphatic carbocycles. The third-order valence-electron chi connectivity index (χ3n) is 7.88. The molecule has 7 rings (SSSR count). The van der Waals surface area contributed by atoms with E-state index in [0.29, 0.717) is 52.4 Å². The Labute approximate surface area is 199 Å². The lowest BCUT2D eigenvalue weighted by molar-refractivity contribution is -0.00384. The monoisotopic (exact) mass is 458 g/mol. The molecule has 2 aromatic heterocycles. The second kappa shape index (κ2) is 8.64. The second-order valence-corrected chi connectivity index (χ2v) is 10.3. The molecule has 6 heteroatoms. The van der Waals surface area contributed by atoms with Crippen LogP contribution >= 0.6 is 0 Å². The number of halogens is 1. The van der Waals surface area contributed by atoms with Gasteiger partial charge in [0.1, 0.15) is 11.6 Å². The highest BCUT2D eigenvalue weighted by Gasteiger charge is 2.52. The predicted octanol–water partition coefficient (Wildman–Crippen LogP) is 6.45. The molecule has 2 N–H and O–H groups in total. The van der Waals surface area contributed by atoms with E-state index < -0.39 is 0 Å². The zero-order valence-electron chi connectivity index (χ0n) is 19.6. The van der Waals surface area contributed by atoms with Crippen molar-refractivity contribution in [3.05, 3.63) is 48.0 Å². The van der Waals surface area contributed by atoms with Gasteiger partial charge in [-0.2, -0.15) is 0 Å². The number of anilines is 2. The van der Waals surface area contributed by atoms with Crippen molar-refractivity contribution in [3.8, 4) is 11.1 Å². The van der Waals surface area contributed by atoms with Crippen LogP contribution in [0.4, 0.5) is 15.9 Å². The second-order valence-electron chi connectivity index (χ2n) is 10.3. The van der Waals surface area contributed by atoms with Crippen LogP contribution in [0, 0.1) is 23.6 Å². The molecule has 0 radical (unpaired) electrons. The molecule has 176 valence electrons. The largest absolute Gasteiger partial charge is 0.381 e. The lowest BCUT2D eigenvalue weighted by Gasteiger charge is -2.58. The third kappa shape index (κ3) is 3.93. The van der Waals surface area contributed by atoms with Crippen molar-refractivity contribution in [2.45, 2.75) is 57.9 Å². The quantitative estimate of drug-likeness (QED) is 0.270. The summed E-state index contributed by atoms with van der Waals surface area (Å²) in [5.41, 5.74) is 3.26. The molecule has 4 fully saturated rings. The van der Waals surface area contributed by atoms with Gasteiger partial charge in [-0.1, -0.05) is 13.3 Å². The van der Waals surface area contributed by atoms with Crippen LogP contribution in [0.25, 0.3) is 22.0 Å². The van der Waals surface area contributed by atoms with Gasteiger partial charge in [0.15, 0.2) is 5.78 Å². The Kier molecular flexibility index (Phi) is 5.47. The first kappa shape index (κ1) is 21.5. The summed E-state index contributed by atoms with van der Waals surface area (Å²) < 4.78 is 15.2. The van der Waals surface area contributed by atoms with E-state index >= 15 is 4.39 Å². The first-order valence-corrected chi connectivity index (χ1v) is 12.7. The molecule has 2 bridgehead atoms. The Morgan fingerprint density at radius 3 is 2.59 bits per heavy atom. The summed E-state index contributed by atoms with van der Waals surface area (Å²) in [4.78, 5) is 22.1. The maximum atomic E-state index is 15.2. The first-order chi connectivity index (χ1) is 16.6. The average Bonchev–Trinajstić information content (AvgIpc) is 3.60. The van der Waals surface area contributed by atoms with Crippen LogP contribution in [0.1, 0.15) is 62.2 Å². The van der Waals surface area contributed by atoms with Gasteiger partial charge >= 0.3 is 0 Å². The van der Waals surface area contributed by atoms with E-state index in [1.54, 1.807) is 12.4 Å². The van der Waals surface area contributed by atoms with E-state index in [1.165, 1.54) is 18.9 Å². The van der Waals surface area contributed by atoms with Crippen molar-refractivity contribution < 1.29 is 9.18 Å². The number of hydrogen-bond donors (Lipinski definition) is 2. The average molecular weight is 459 g/mol. The molecule has 5 nitrogen and oxygen atoms in total. The molecule has 0 saturated heterocycles. The van der Waals surface area contributed by atoms with Crippen molar-refractivity contribution in [2.75, 3.05) is 17.2 Å². The summed E-state index contributed by atoms with van der Waals surface area (Å²) in [7, 11) is 0. The number of nitrogens with zero attached hydrogens (tertiary/aromatic N) is 2. The molecule has 4 aliphatic rings. The zero-order valence-corrected chi connectivity index (χ0v) is 19.6. The van der Waals surface area contributed by atoms with Gasteiger partial charge in [0, 0.05) is 54.0 Å². The number of aromatic nitrogens is 2. The van der Waals surface area contributed by atoms with E-state index in [2.05, 4.69) is 27.5 Å². The number of carbonyl (C=O) groups is 1. The van der Waals surface area contributed by atoms with Crippen molar-refractivity contribution in [1.82, 2.24) is 9.97 Å². The Morgan fingerprint density at radius 2 is 1.94 bits per heavy atom. The van der Waals surface area contributed by atoms with Crippen LogP contribution in [0.2, 0.25) is 0 Å². The zero-order chi connectivity index (χ0) is 23.2. The number of carbonyl (C=O) groups excluding carboxylic acids is 1. The van der Waals surface area contributed by atoms with Gasteiger partial charge in [-0.25, -0.2) is 9.37 Å². The highest BCUT2D eigenvalue weighted by molar-refractivity contribution is 6.09. The smallest absolute Gasteiger partial charge is 0.166 e. The van der Waals surface area contributed by atoms with E-state index in [0.717, 1.165) is 49.1 Å². The maximum absolute atomic E-state index is 15.2. The van der Waals surface area contributed by atoms with Gasteiger partial charge in [-0.3, -0.25) is 9.78 Å². The summed E-state index contributed by atoms with van der Waals surface area (Å²) in [5, 5.41) is 7.80. The minimum atomic E-state index is -0.331. The Hall–Kier alpha value is -3.02. The first-order valence-electron chi connectivity index (χ1n) is 12.7. The van der Waals surface area contributed by atoms with Crippen LogP contribution in [-0.4, -0.2) is 28.3 Å². The molecule has 0 amide bonds. The molecule has 1 aromatic carbocycles. The van der Waals surface area contributed by atoms with Crippen molar-refractivity contribution in [2.24, 2.45) is 17.8 Å². The number of nitrogens with one attached hydrogen (secondary N) is 2. The highest BCUT2D eigenvalue weighted by Crippen LogP contribution is 2.55. The fraction of sp³-hybridized carbons (Fsp3) is 0.464. The predicted molar refractivity (Wildman–Crippen MR) is 134 cm³/mol. The van der Waals surface area contributed by atoms with E-state index in [4.69, 9.17) is 0 Å². The molecular weight excluding hydrogens is 427 g/mol. The summed E-state index contributed by atoms with van der Waals surface area (Å²) >= 11 is 0. The van der Waals surface area contributed by atoms with Crippen molar-refractivity contribution >= 4 is 28.2 Å². The number of Topliss-reactive ketones (excluding diaryl/α,β-unsaturated/α-hetero) is 1. The van der Waals surface area contributed by atoms with Crippen LogP contribution < -0.4 is 10.6 Å². The Morgan fingerprint density at radius 1 is 1.12 bits per heavy atom. The van der Waals surface area contributed by atoms with Gasteiger partial charge < -0.3 is 10.6 Å². The molecular formula is C28H31FN4O. The van der Waals surface area contributed by atoms with Gasteiger partial charge in [0.2, 0.25) is 0 Å². The minimum absolute atomic E-state index is 0.141. The number of unbranched alkanes of at least 4 members (excludes halogenated alkanes) is 1. The normalized spacial score (nSPS) is 22.7. The van der Waals surface area contributed by atoms with Crippen LogP contribution in [0.3, 0.4) is 0 Å². The maximum Gasteiger partial charge on any atom is 0.166 e. The van der Waals surface area contributed by atoms with E-state index in [-0.39, 0.29) is 11.6 Å². The fourth-order valence-electron chi connectivity index (χ4n) is 5.24. The highest BCUT2D eigenvalue weighted by atomic mass is 19.1. The summed E-state index contributed by atoms with van der Waals surface area (Å²) in [6.45, 7) is 3.02. The summed E-state index contributed by atoms with van der Waals surface area (Å²) in [5.74, 6) is 2.49. The van der Waals surface area contributed by atoms with E-state index in [9.17, 15) is 4.79 Å². The number of hydrogen-bond acceptors (Lipinski definition) is 5. The summed E-state index contributed by atoms with van der Waals surface area (Å²) in [6.07, 6.45) is 10.9. The standard InChI is InChI=1S/C28H31FN4O/c1-2-3-8-30-26-7-6-17(14-32-26)20-12-21-24(13-23(20)29)31-15-22(25(34)9-16-4-5-16)28(21)33-27-18-10-19(27)11-18/h6-7,12-16,18-19,27H,2-5,8-11H2,1H3,(H,30,32)(H,31,33). The lowest BCUT2D eigenvalue weighted by atomic mass is 9.52. The Bertz CT molecular complexity index is 1220. The van der Waals surface area contributed by atoms with Crippen LogP contribution in [0.5, 0.6) is 0 Å². The van der Waals surface area contributed by atoms with Crippen LogP contribution in [-0.2, 0) is 0 Å².